The highest BCUT2D eigenvalue weighted by atomic mass is 35.5. The van der Waals surface area contributed by atoms with Crippen LogP contribution in [0.15, 0.2) is 53.9 Å². The first kappa shape index (κ1) is 16.0. The smallest absolute Gasteiger partial charge is 0.138 e. The minimum Gasteiger partial charge on any atom is -0.487 e. The number of nitrogens with two attached hydrogens (primary N) is 1. The normalized spacial score (nSPS) is 10.7. The van der Waals surface area contributed by atoms with Gasteiger partial charge < -0.3 is 10.5 Å². The van der Waals surface area contributed by atoms with Gasteiger partial charge in [-0.05, 0) is 30.3 Å². The first-order valence-corrected chi connectivity index (χ1v) is 8.63. The van der Waals surface area contributed by atoms with Crippen molar-refractivity contribution in [3.05, 3.63) is 69.5 Å². The second kappa shape index (κ2) is 7.59. The molecule has 0 saturated heterocycles. The number of halogens is 1. The van der Waals surface area contributed by atoms with Gasteiger partial charge in [0.05, 0.1) is 15.7 Å². The molecule has 0 aliphatic heterocycles. The Kier molecular flexibility index (Phi) is 5.28. The lowest BCUT2D eigenvalue weighted by Crippen LogP contribution is -2.01. The minimum absolute atomic E-state index is 0.497. The lowest BCUT2D eigenvalue weighted by atomic mass is 10.1. The lowest BCUT2D eigenvalue weighted by molar-refractivity contribution is 0.306. The maximum atomic E-state index is 6.34. The van der Waals surface area contributed by atoms with Crippen LogP contribution in [0.25, 0.3) is 11.3 Å². The van der Waals surface area contributed by atoms with Crippen molar-refractivity contribution in [2.45, 2.75) is 13.0 Å². The lowest BCUT2D eigenvalue weighted by Gasteiger charge is -2.09. The molecule has 1 heterocycles. The second-order valence-electron chi connectivity index (χ2n) is 5.08. The van der Waals surface area contributed by atoms with Crippen molar-refractivity contribution in [1.29, 1.82) is 0 Å². The molecule has 0 unspecified atom stereocenters. The van der Waals surface area contributed by atoms with Crippen molar-refractivity contribution in [3.8, 4) is 17.0 Å². The number of aromatic nitrogens is 1. The molecule has 3 aromatic rings. The minimum atomic E-state index is 0.497. The van der Waals surface area contributed by atoms with Crippen LogP contribution in [0.1, 0.15) is 10.6 Å². The molecule has 0 saturated carbocycles. The van der Waals surface area contributed by atoms with Crippen LogP contribution in [0.2, 0.25) is 5.02 Å². The molecule has 5 heteroatoms. The quantitative estimate of drug-likeness (QED) is 0.714. The van der Waals surface area contributed by atoms with Gasteiger partial charge in [0.2, 0.25) is 0 Å². The number of benzene rings is 2. The Morgan fingerprint density at radius 2 is 1.96 bits per heavy atom. The van der Waals surface area contributed by atoms with E-state index < -0.39 is 0 Å². The molecule has 0 spiro atoms. The summed E-state index contributed by atoms with van der Waals surface area (Å²) < 4.78 is 5.79. The summed E-state index contributed by atoms with van der Waals surface area (Å²) in [4.78, 5) is 4.57. The number of rotatable bonds is 6. The second-order valence-corrected chi connectivity index (χ2v) is 6.43. The van der Waals surface area contributed by atoms with Gasteiger partial charge in [-0.1, -0.05) is 41.9 Å². The molecule has 1 aromatic heterocycles. The third kappa shape index (κ3) is 4.10. The highest BCUT2D eigenvalue weighted by Crippen LogP contribution is 2.31. The van der Waals surface area contributed by atoms with E-state index in [1.807, 2.05) is 53.9 Å². The van der Waals surface area contributed by atoms with Crippen LogP contribution in [-0.2, 0) is 13.0 Å². The average Bonchev–Trinajstić information content (AvgIpc) is 3.04. The zero-order valence-corrected chi connectivity index (χ0v) is 14.1. The molecule has 0 bridgehead atoms. The van der Waals surface area contributed by atoms with Crippen molar-refractivity contribution in [3.63, 3.8) is 0 Å². The van der Waals surface area contributed by atoms with E-state index in [-0.39, 0.29) is 0 Å². The van der Waals surface area contributed by atoms with E-state index in [0.29, 0.717) is 23.9 Å². The molecule has 0 fully saturated rings. The van der Waals surface area contributed by atoms with Gasteiger partial charge in [-0.15, -0.1) is 11.3 Å². The highest BCUT2D eigenvalue weighted by molar-refractivity contribution is 7.09. The van der Waals surface area contributed by atoms with Crippen molar-refractivity contribution < 1.29 is 4.74 Å². The number of thiazole rings is 1. The number of nitrogens with zero attached hydrogens (tertiary/aromatic N) is 1. The fraction of sp³-hybridized carbons (Fsp3) is 0.167. The maximum absolute atomic E-state index is 6.34. The molecule has 23 heavy (non-hydrogen) atoms. The van der Waals surface area contributed by atoms with E-state index in [1.54, 1.807) is 11.3 Å². The first-order valence-electron chi connectivity index (χ1n) is 7.37. The Balaban J connectivity index is 1.72. The molecular weight excluding hydrogens is 328 g/mol. The zero-order valence-electron chi connectivity index (χ0n) is 12.5. The predicted octanol–water partition coefficient (Wildman–Crippen LogP) is 4.54. The third-order valence-electron chi connectivity index (χ3n) is 3.37. The van der Waals surface area contributed by atoms with Gasteiger partial charge in [-0.2, -0.15) is 0 Å². The summed E-state index contributed by atoms with van der Waals surface area (Å²) in [7, 11) is 0. The van der Waals surface area contributed by atoms with E-state index >= 15 is 0 Å². The molecule has 0 aliphatic carbocycles. The van der Waals surface area contributed by atoms with Crippen LogP contribution in [0.3, 0.4) is 0 Å². The van der Waals surface area contributed by atoms with Gasteiger partial charge >= 0.3 is 0 Å². The molecule has 0 atom stereocenters. The average molecular weight is 345 g/mol. The van der Waals surface area contributed by atoms with Gasteiger partial charge in [0, 0.05) is 17.4 Å². The molecule has 3 nitrogen and oxygen atoms in total. The van der Waals surface area contributed by atoms with E-state index in [9.17, 15) is 0 Å². The summed E-state index contributed by atoms with van der Waals surface area (Å²) in [6, 6.07) is 15.8. The fourth-order valence-corrected chi connectivity index (χ4v) is 3.25. The Morgan fingerprint density at radius 3 is 2.70 bits per heavy atom. The fourth-order valence-electron chi connectivity index (χ4n) is 2.19. The SMILES string of the molecule is NCCc1nc(-c2ccc(OCc3ccccc3)c(Cl)c2)cs1. The van der Waals surface area contributed by atoms with Crippen molar-refractivity contribution in [2.24, 2.45) is 5.73 Å². The number of ether oxygens (including phenoxy) is 1. The van der Waals surface area contributed by atoms with Crippen LogP contribution >= 0.6 is 22.9 Å². The topological polar surface area (TPSA) is 48.1 Å². The van der Waals surface area contributed by atoms with Gasteiger partial charge in [0.15, 0.2) is 0 Å². The monoisotopic (exact) mass is 344 g/mol. The van der Waals surface area contributed by atoms with Crippen LogP contribution < -0.4 is 10.5 Å². The van der Waals surface area contributed by atoms with E-state index in [0.717, 1.165) is 28.2 Å². The van der Waals surface area contributed by atoms with Crippen molar-refractivity contribution in [1.82, 2.24) is 4.98 Å². The maximum Gasteiger partial charge on any atom is 0.138 e. The van der Waals surface area contributed by atoms with E-state index in [1.165, 1.54) is 0 Å². The highest BCUT2D eigenvalue weighted by Gasteiger charge is 2.08. The van der Waals surface area contributed by atoms with Crippen molar-refractivity contribution in [2.75, 3.05) is 6.54 Å². The molecular formula is C18H17ClN2OS. The van der Waals surface area contributed by atoms with E-state index in [4.69, 9.17) is 22.1 Å². The molecule has 2 aromatic carbocycles. The van der Waals surface area contributed by atoms with Gasteiger partial charge in [-0.25, -0.2) is 4.98 Å². The Morgan fingerprint density at radius 1 is 1.13 bits per heavy atom. The molecule has 0 aliphatic rings. The number of hydrogen-bond donors (Lipinski definition) is 1. The number of hydrogen-bond acceptors (Lipinski definition) is 4. The standard InChI is InChI=1S/C18H17ClN2OS/c19-15-10-14(16-12-23-18(21-16)8-9-20)6-7-17(15)22-11-13-4-2-1-3-5-13/h1-7,10,12H,8-9,11,20H2. The molecule has 0 amide bonds. The Labute approximate surface area is 144 Å². The molecule has 3 rings (SSSR count). The van der Waals surface area contributed by atoms with Gasteiger partial charge in [-0.3, -0.25) is 0 Å². The molecule has 118 valence electrons. The molecule has 2 N–H and O–H groups in total. The Hall–Kier alpha value is -1.88. The van der Waals surface area contributed by atoms with Crippen LogP contribution in [0.5, 0.6) is 5.75 Å². The van der Waals surface area contributed by atoms with E-state index in [2.05, 4.69) is 4.98 Å². The first-order chi connectivity index (χ1) is 11.3. The van der Waals surface area contributed by atoms with Crippen LogP contribution in [-0.4, -0.2) is 11.5 Å². The summed E-state index contributed by atoms with van der Waals surface area (Å²) in [5.41, 5.74) is 8.59. The van der Waals surface area contributed by atoms with Gasteiger partial charge in [0.1, 0.15) is 12.4 Å². The summed E-state index contributed by atoms with van der Waals surface area (Å²) >= 11 is 7.97. The van der Waals surface area contributed by atoms with Gasteiger partial charge in [0.25, 0.3) is 0 Å². The van der Waals surface area contributed by atoms with Crippen LogP contribution in [0.4, 0.5) is 0 Å². The predicted molar refractivity (Wildman–Crippen MR) is 96.1 cm³/mol. The largest absolute Gasteiger partial charge is 0.487 e. The third-order valence-corrected chi connectivity index (χ3v) is 4.58. The van der Waals surface area contributed by atoms with Crippen LogP contribution in [0, 0.1) is 0 Å². The summed E-state index contributed by atoms with van der Waals surface area (Å²) in [6.45, 7) is 1.11. The summed E-state index contributed by atoms with van der Waals surface area (Å²) in [6.07, 6.45) is 0.802. The van der Waals surface area contributed by atoms with Crippen molar-refractivity contribution >= 4 is 22.9 Å². The molecule has 0 radical (unpaired) electrons. The Bertz CT molecular complexity index is 774. The summed E-state index contributed by atoms with van der Waals surface area (Å²) in [5.74, 6) is 0.677. The zero-order chi connectivity index (χ0) is 16.1. The summed E-state index contributed by atoms with van der Waals surface area (Å²) in [5, 5.41) is 3.66.